The van der Waals surface area contributed by atoms with Crippen LogP contribution in [0.1, 0.15) is 43.2 Å². The van der Waals surface area contributed by atoms with Gasteiger partial charge in [0.1, 0.15) is 0 Å². The van der Waals surface area contributed by atoms with Crippen LogP contribution in [0.5, 0.6) is 0 Å². The predicted molar refractivity (Wildman–Crippen MR) is 127 cm³/mol. The van der Waals surface area contributed by atoms with Gasteiger partial charge in [0.05, 0.1) is 0 Å². The second kappa shape index (κ2) is 6.99. The van der Waals surface area contributed by atoms with E-state index in [-0.39, 0.29) is 5.41 Å². The minimum atomic E-state index is 0.219. The van der Waals surface area contributed by atoms with E-state index in [1.807, 2.05) is 0 Å². The van der Waals surface area contributed by atoms with Crippen molar-refractivity contribution in [3.63, 3.8) is 0 Å². The Morgan fingerprint density at radius 2 is 1.10 bits per heavy atom. The lowest BCUT2D eigenvalue weighted by atomic mass is 9.68. The summed E-state index contributed by atoms with van der Waals surface area (Å²) in [7, 11) is 0. The zero-order valence-electron chi connectivity index (χ0n) is 17.3. The quantitative estimate of drug-likeness (QED) is 0.325. The van der Waals surface area contributed by atoms with Crippen molar-refractivity contribution >= 4 is 0 Å². The van der Waals surface area contributed by atoms with Gasteiger partial charge in [0.15, 0.2) is 0 Å². The lowest BCUT2D eigenvalue weighted by Gasteiger charge is -2.36. The van der Waals surface area contributed by atoms with Crippen LogP contribution in [0.2, 0.25) is 0 Å². The lowest BCUT2D eigenvalue weighted by Crippen LogP contribution is -2.27. The fourth-order valence-electron chi connectivity index (χ4n) is 5.94. The summed E-state index contributed by atoms with van der Waals surface area (Å²) in [6.07, 6.45) is 6.61. The first-order chi connectivity index (χ1) is 14.9. The monoisotopic (exact) mass is 386 g/mol. The van der Waals surface area contributed by atoms with Gasteiger partial charge >= 0.3 is 0 Å². The summed E-state index contributed by atoms with van der Waals surface area (Å²) >= 11 is 0. The minimum Gasteiger partial charge on any atom is -0.0622 e. The molecule has 0 heterocycles. The summed E-state index contributed by atoms with van der Waals surface area (Å²) in [4.78, 5) is 0. The Kier molecular flexibility index (Phi) is 4.13. The Balaban J connectivity index is 1.57. The van der Waals surface area contributed by atoms with Crippen molar-refractivity contribution in [2.24, 2.45) is 0 Å². The molecule has 0 heteroatoms. The van der Waals surface area contributed by atoms with E-state index in [9.17, 15) is 0 Å². The van der Waals surface area contributed by atoms with Crippen LogP contribution in [0.3, 0.4) is 0 Å². The van der Waals surface area contributed by atoms with Crippen molar-refractivity contribution < 1.29 is 0 Å². The molecule has 2 aliphatic carbocycles. The van der Waals surface area contributed by atoms with E-state index in [4.69, 9.17) is 0 Å². The highest BCUT2D eigenvalue weighted by Gasteiger charge is 2.44. The van der Waals surface area contributed by atoms with Crippen molar-refractivity contribution in [3.8, 4) is 33.4 Å². The van der Waals surface area contributed by atoms with Crippen molar-refractivity contribution in [1.29, 1.82) is 0 Å². The Labute approximate surface area is 179 Å². The average molecular weight is 387 g/mol. The first kappa shape index (κ1) is 17.7. The SMILES string of the molecule is c1ccc(-c2cccc(-c3cccc4c3-c3ccccc3C43CCCCC3)c2)cc1. The molecule has 6 rings (SSSR count). The summed E-state index contributed by atoms with van der Waals surface area (Å²) in [5.41, 5.74) is 11.5. The molecule has 4 aromatic carbocycles. The Morgan fingerprint density at radius 3 is 1.97 bits per heavy atom. The maximum absolute atomic E-state index is 2.41. The van der Waals surface area contributed by atoms with Gasteiger partial charge in [0.2, 0.25) is 0 Å². The lowest BCUT2D eigenvalue weighted by molar-refractivity contribution is 0.353. The van der Waals surface area contributed by atoms with Gasteiger partial charge in [0.25, 0.3) is 0 Å². The van der Waals surface area contributed by atoms with Crippen molar-refractivity contribution in [1.82, 2.24) is 0 Å². The van der Waals surface area contributed by atoms with Crippen LogP contribution >= 0.6 is 0 Å². The Morgan fingerprint density at radius 1 is 0.467 bits per heavy atom. The minimum absolute atomic E-state index is 0.219. The fraction of sp³-hybridized carbons (Fsp3) is 0.200. The highest BCUT2D eigenvalue weighted by Crippen LogP contribution is 2.57. The van der Waals surface area contributed by atoms with E-state index >= 15 is 0 Å². The molecule has 2 aliphatic rings. The first-order valence-electron chi connectivity index (χ1n) is 11.3. The third kappa shape index (κ3) is 2.60. The van der Waals surface area contributed by atoms with Crippen LogP contribution in [0, 0.1) is 0 Å². The molecule has 0 aromatic heterocycles. The number of hydrogen-bond acceptors (Lipinski definition) is 0. The van der Waals surface area contributed by atoms with Crippen LogP contribution in [-0.2, 0) is 5.41 Å². The van der Waals surface area contributed by atoms with Crippen molar-refractivity contribution in [3.05, 3.63) is 108 Å². The molecule has 0 nitrogen and oxygen atoms in total. The molecular weight excluding hydrogens is 360 g/mol. The van der Waals surface area contributed by atoms with Gasteiger partial charge in [-0.15, -0.1) is 0 Å². The molecule has 0 atom stereocenters. The zero-order valence-corrected chi connectivity index (χ0v) is 17.3. The van der Waals surface area contributed by atoms with Gasteiger partial charge in [-0.25, -0.2) is 0 Å². The average Bonchev–Trinajstić information content (AvgIpc) is 3.10. The second-order valence-corrected chi connectivity index (χ2v) is 8.86. The van der Waals surface area contributed by atoms with Gasteiger partial charge in [-0.3, -0.25) is 0 Å². The van der Waals surface area contributed by atoms with E-state index in [0.717, 1.165) is 0 Å². The van der Waals surface area contributed by atoms with E-state index < -0.39 is 0 Å². The summed E-state index contributed by atoms with van der Waals surface area (Å²) < 4.78 is 0. The largest absolute Gasteiger partial charge is 0.0622 e. The van der Waals surface area contributed by atoms with Crippen LogP contribution in [0.25, 0.3) is 33.4 Å². The van der Waals surface area contributed by atoms with E-state index in [1.165, 1.54) is 65.5 Å². The molecule has 0 saturated heterocycles. The molecule has 0 N–H and O–H groups in total. The maximum Gasteiger partial charge on any atom is 0.0215 e. The van der Waals surface area contributed by atoms with Crippen molar-refractivity contribution in [2.75, 3.05) is 0 Å². The van der Waals surface area contributed by atoms with Crippen LogP contribution < -0.4 is 0 Å². The number of rotatable bonds is 2. The molecule has 1 spiro atoms. The van der Waals surface area contributed by atoms with Crippen LogP contribution in [-0.4, -0.2) is 0 Å². The maximum atomic E-state index is 2.41. The van der Waals surface area contributed by atoms with Crippen LogP contribution in [0.15, 0.2) is 97.1 Å². The fourth-order valence-corrected chi connectivity index (χ4v) is 5.94. The summed E-state index contributed by atoms with van der Waals surface area (Å²) in [5.74, 6) is 0. The van der Waals surface area contributed by atoms with E-state index in [1.54, 1.807) is 11.1 Å². The highest BCUT2D eigenvalue weighted by atomic mass is 14.5. The Bertz CT molecular complexity index is 1210. The Hall–Kier alpha value is -3.12. The van der Waals surface area contributed by atoms with Gasteiger partial charge in [0, 0.05) is 5.41 Å². The standard InChI is InChI=1S/C30H26/c1-3-11-22(12-4-1)23-13-9-14-24(21-23)25-16-10-18-28-29(25)26-15-5-6-17-27(26)30(28)19-7-2-8-20-30/h1,3-6,9-18,21H,2,7-8,19-20H2. The van der Waals surface area contributed by atoms with Gasteiger partial charge in [-0.05, 0) is 63.4 Å². The smallest absolute Gasteiger partial charge is 0.0215 e. The van der Waals surface area contributed by atoms with Crippen molar-refractivity contribution in [2.45, 2.75) is 37.5 Å². The zero-order chi connectivity index (χ0) is 20.0. The highest BCUT2D eigenvalue weighted by molar-refractivity contribution is 5.93. The predicted octanol–water partition coefficient (Wildman–Crippen LogP) is 8.25. The molecule has 146 valence electrons. The molecule has 0 aliphatic heterocycles. The van der Waals surface area contributed by atoms with Gasteiger partial charge < -0.3 is 0 Å². The molecule has 1 saturated carbocycles. The van der Waals surface area contributed by atoms with Gasteiger partial charge in [-0.2, -0.15) is 0 Å². The number of fused-ring (bicyclic) bond motifs is 5. The van der Waals surface area contributed by atoms with Gasteiger partial charge in [-0.1, -0.05) is 110 Å². The topological polar surface area (TPSA) is 0 Å². The first-order valence-corrected chi connectivity index (χ1v) is 11.3. The molecule has 0 amide bonds. The molecular formula is C30H26. The number of benzene rings is 4. The van der Waals surface area contributed by atoms with E-state index in [0.29, 0.717) is 0 Å². The third-order valence-electron chi connectivity index (χ3n) is 7.28. The number of hydrogen-bond donors (Lipinski definition) is 0. The normalized spacial score (nSPS) is 16.3. The summed E-state index contributed by atoms with van der Waals surface area (Å²) in [6, 6.07) is 36.0. The third-order valence-corrected chi connectivity index (χ3v) is 7.28. The molecule has 30 heavy (non-hydrogen) atoms. The molecule has 1 fully saturated rings. The molecule has 0 radical (unpaired) electrons. The molecule has 0 bridgehead atoms. The van der Waals surface area contributed by atoms with E-state index in [2.05, 4.69) is 97.1 Å². The second-order valence-electron chi connectivity index (χ2n) is 8.86. The van der Waals surface area contributed by atoms with Crippen LogP contribution in [0.4, 0.5) is 0 Å². The molecule has 0 unspecified atom stereocenters. The summed E-state index contributed by atoms with van der Waals surface area (Å²) in [6.45, 7) is 0. The summed E-state index contributed by atoms with van der Waals surface area (Å²) in [5, 5.41) is 0. The molecule has 4 aromatic rings.